The van der Waals surface area contributed by atoms with Crippen molar-refractivity contribution in [1.29, 1.82) is 0 Å². The normalized spacial score (nSPS) is 12.6. The van der Waals surface area contributed by atoms with Gasteiger partial charge in [0.25, 0.3) is 0 Å². The lowest BCUT2D eigenvalue weighted by Gasteiger charge is -2.13. The van der Waals surface area contributed by atoms with Crippen LogP contribution in [0.25, 0.3) is 0 Å². The van der Waals surface area contributed by atoms with Gasteiger partial charge in [-0.3, -0.25) is 0 Å². The number of nitrogens with one attached hydrogen (secondary N) is 1. The third kappa shape index (κ3) is 2.81. The Balaban J connectivity index is 2.35. The van der Waals surface area contributed by atoms with Gasteiger partial charge in [0.2, 0.25) is 0 Å². The number of aromatic nitrogens is 4. The van der Waals surface area contributed by atoms with Crippen molar-refractivity contribution in [1.82, 2.24) is 25.5 Å². The molecule has 1 atom stereocenters. The zero-order valence-corrected chi connectivity index (χ0v) is 10.5. The summed E-state index contributed by atoms with van der Waals surface area (Å²) in [5.41, 5.74) is 1.08. The average Bonchev–Trinajstić information content (AvgIpc) is 2.72. The van der Waals surface area contributed by atoms with Crippen molar-refractivity contribution in [3.63, 3.8) is 0 Å². The topological polar surface area (TPSA) is 55.6 Å². The molecule has 1 aromatic heterocycles. The van der Waals surface area contributed by atoms with E-state index in [2.05, 4.69) is 20.7 Å². The van der Waals surface area contributed by atoms with Crippen LogP contribution in [0.4, 0.5) is 0 Å². The minimum Gasteiger partial charge on any atom is -0.319 e. The van der Waals surface area contributed by atoms with E-state index in [1.54, 1.807) is 7.05 Å². The highest BCUT2D eigenvalue weighted by Crippen LogP contribution is 2.23. The molecular weight excluding hydrogens is 238 g/mol. The zero-order valence-electron chi connectivity index (χ0n) is 9.76. The Hall–Kier alpha value is -1.46. The van der Waals surface area contributed by atoms with Crippen LogP contribution in [0.15, 0.2) is 24.3 Å². The maximum atomic E-state index is 6.00. The average molecular weight is 252 g/mol. The fraction of sp³-hybridized carbons (Fsp3) is 0.364. The van der Waals surface area contributed by atoms with E-state index in [0.717, 1.165) is 12.1 Å². The van der Waals surface area contributed by atoms with Gasteiger partial charge in [0.05, 0.1) is 13.0 Å². The second kappa shape index (κ2) is 5.25. The van der Waals surface area contributed by atoms with Crippen LogP contribution in [0.5, 0.6) is 0 Å². The third-order valence-corrected chi connectivity index (χ3v) is 2.73. The van der Waals surface area contributed by atoms with Crippen LogP contribution < -0.4 is 5.32 Å². The second-order valence-electron chi connectivity index (χ2n) is 3.80. The standard InChI is InChI=1S/C11H14ClN5/c1-13-7-10(11-14-16-17(2)15-11)8-4-3-5-9(12)6-8/h3-6,10,13H,7H2,1-2H3. The molecule has 0 aliphatic heterocycles. The molecule has 0 bridgehead atoms. The number of nitrogens with zero attached hydrogens (tertiary/aromatic N) is 4. The highest BCUT2D eigenvalue weighted by atomic mass is 35.5. The van der Waals surface area contributed by atoms with Gasteiger partial charge in [0.1, 0.15) is 0 Å². The minimum absolute atomic E-state index is 0.0624. The number of rotatable bonds is 4. The summed E-state index contributed by atoms with van der Waals surface area (Å²) in [4.78, 5) is 1.46. The van der Waals surface area contributed by atoms with Gasteiger partial charge in [0.15, 0.2) is 5.82 Å². The monoisotopic (exact) mass is 251 g/mol. The summed E-state index contributed by atoms with van der Waals surface area (Å²) < 4.78 is 0. The third-order valence-electron chi connectivity index (χ3n) is 2.49. The molecule has 0 amide bonds. The van der Waals surface area contributed by atoms with Crippen LogP contribution in [0.3, 0.4) is 0 Å². The molecule has 2 aromatic rings. The van der Waals surface area contributed by atoms with Crippen molar-refractivity contribution in [2.45, 2.75) is 5.92 Å². The summed E-state index contributed by atoms with van der Waals surface area (Å²) in [5, 5.41) is 16.0. The summed E-state index contributed by atoms with van der Waals surface area (Å²) >= 11 is 6.00. The Morgan fingerprint density at radius 1 is 1.47 bits per heavy atom. The lowest BCUT2D eigenvalue weighted by Crippen LogP contribution is -2.19. The molecule has 0 fully saturated rings. The molecule has 90 valence electrons. The molecule has 1 N–H and O–H groups in total. The molecule has 5 nitrogen and oxygen atoms in total. The van der Waals surface area contributed by atoms with Crippen molar-refractivity contribution in [3.8, 4) is 0 Å². The Bertz CT molecular complexity index is 496. The first-order valence-corrected chi connectivity index (χ1v) is 5.72. The molecule has 1 unspecified atom stereocenters. The Morgan fingerprint density at radius 3 is 2.88 bits per heavy atom. The van der Waals surface area contributed by atoms with Crippen molar-refractivity contribution >= 4 is 11.6 Å². The molecule has 0 spiro atoms. The fourth-order valence-corrected chi connectivity index (χ4v) is 1.92. The number of halogens is 1. The Labute approximate surface area is 105 Å². The summed E-state index contributed by atoms with van der Waals surface area (Å²) in [6.07, 6.45) is 0. The van der Waals surface area contributed by atoms with Gasteiger partial charge >= 0.3 is 0 Å². The highest BCUT2D eigenvalue weighted by Gasteiger charge is 2.18. The summed E-state index contributed by atoms with van der Waals surface area (Å²) in [6, 6.07) is 7.73. The predicted molar refractivity (Wildman–Crippen MR) is 66.0 cm³/mol. The molecule has 0 saturated heterocycles. The van der Waals surface area contributed by atoms with Gasteiger partial charge in [-0.2, -0.15) is 4.80 Å². The first kappa shape index (κ1) is 12.0. The number of aryl methyl sites for hydroxylation is 1. The molecule has 1 heterocycles. The van der Waals surface area contributed by atoms with E-state index < -0.39 is 0 Å². The van der Waals surface area contributed by atoms with Crippen LogP contribution in [-0.2, 0) is 7.05 Å². The van der Waals surface area contributed by atoms with Gasteiger partial charge < -0.3 is 5.32 Å². The van der Waals surface area contributed by atoms with Crippen LogP contribution >= 0.6 is 11.6 Å². The minimum atomic E-state index is 0.0624. The van der Waals surface area contributed by atoms with Gasteiger partial charge in [-0.1, -0.05) is 23.7 Å². The van der Waals surface area contributed by atoms with E-state index in [9.17, 15) is 0 Å². The van der Waals surface area contributed by atoms with E-state index in [0.29, 0.717) is 10.8 Å². The van der Waals surface area contributed by atoms with E-state index in [4.69, 9.17) is 11.6 Å². The van der Waals surface area contributed by atoms with E-state index in [1.165, 1.54) is 4.80 Å². The lowest BCUT2D eigenvalue weighted by atomic mass is 9.98. The predicted octanol–water partition coefficient (Wildman–Crippen LogP) is 1.21. The molecule has 1 aromatic carbocycles. The SMILES string of the molecule is CNCC(c1cccc(Cl)c1)c1nnn(C)n1. The molecule has 2 rings (SSSR count). The maximum absolute atomic E-state index is 6.00. The number of likely N-dealkylation sites (N-methyl/N-ethyl adjacent to an activating group) is 1. The lowest BCUT2D eigenvalue weighted by molar-refractivity contribution is 0.619. The van der Waals surface area contributed by atoms with Crippen LogP contribution in [0, 0.1) is 0 Å². The van der Waals surface area contributed by atoms with Crippen molar-refractivity contribution in [2.24, 2.45) is 7.05 Å². The molecule has 0 aliphatic carbocycles. The molecule has 0 saturated carbocycles. The fourth-order valence-electron chi connectivity index (χ4n) is 1.72. The smallest absolute Gasteiger partial charge is 0.183 e. The first-order valence-electron chi connectivity index (χ1n) is 5.34. The molecule has 17 heavy (non-hydrogen) atoms. The number of hydrogen-bond acceptors (Lipinski definition) is 4. The van der Waals surface area contributed by atoms with E-state index >= 15 is 0 Å². The highest BCUT2D eigenvalue weighted by molar-refractivity contribution is 6.30. The summed E-state index contributed by atoms with van der Waals surface area (Å²) in [6.45, 7) is 0.742. The zero-order chi connectivity index (χ0) is 12.3. The van der Waals surface area contributed by atoms with Crippen molar-refractivity contribution in [3.05, 3.63) is 40.7 Å². The van der Waals surface area contributed by atoms with Gasteiger partial charge in [0, 0.05) is 11.6 Å². The molecule has 0 aliphatic rings. The Morgan fingerprint density at radius 2 is 2.29 bits per heavy atom. The Kier molecular flexibility index (Phi) is 3.71. The van der Waals surface area contributed by atoms with E-state index in [1.807, 2.05) is 31.3 Å². The summed E-state index contributed by atoms with van der Waals surface area (Å²) in [5.74, 6) is 0.761. The first-order chi connectivity index (χ1) is 8.20. The molecule has 0 radical (unpaired) electrons. The number of benzene rings is 1. The second-order valence-corrected chi connectivity index (χ2v) is 4.24. The van der Waals surface area contributed by atoms with Crippen LogP contribution in [0.2, 0.25) is 5.02 Å². The largest absolute Gasteiger partial charge is 0.319 e. The maximum Gasteiger partial charge on any atom is 0.183 e. The summed E-state index contributed by atoms with van der Waals surface area (Å²) in [7, 11) is 3.65. The van der Waals surface area contributed by atoms with Crippen LogP contribution in [0.1, 0.15) is 17.3 Å². The van der Waals surface area contributed by atoms with Crippen molar-refractivity contribution in [2.75, 3.05) is 13.6 Å². The van der Waals surface area contributed by atoms with Gasteiger partial charge in [-0.25, -0.2) is 0 Å². The van der Waals surface area contributed by atoms with Gasteiger partial charge in [-0.05, 0) is 30.0 Å². The molecular formula is C11H14ClN5. The van der Waals surface area contributed by atoms with E-state index in [-0.39, 0.29) is 5.92 Å². The molecule has 6 heteroatoms. The van der Waals surface area contributed by atoms with Gasteiger partial charge in [-0.15, -0.1) is 10.2 Å². The number of hydrogen-bond donors (Lipinski definition) is 1. The van der Waals surface area contributed by atoms with Crippen LogP contribution in [-0.4, -0.2) is 33.8 Å². The quantitative estimate of drug-likeness (QED) is 0.888. The number of tetrazole rings is 1. The van der Waals surface area contributed by atoms with Crippen molar-refractivity contribution < 1.29 is 0 Å².